The third-order valence-electron chi connectivity index (χ3n) is 5.35. The van der Waals surface area contributed by atoms with Gasteiger partial charge in [-0.25, -0.2) is 13.1 Å². The van der Waals surface area contributed by atoms with Gasteiger partial charge in [-0.3, -0.25) is 14.9 Å². The van der Waals surface area contributed by atoms with Crippen LogP contribution in [0.2, 0.25) is 0 Å². The molecule has 0 aromatic heterocycles. The maximum atomic E-state index is 12.9. The second-order valence-corrected chi connectivity index (χ2v) is 9.45. The van der Waals surface area contributed by atoms with Crippen molar-refractivity contribution in [2.24, 2.45) is 5.92 Å². The summed E-state index contributed by atoms with van der Waals surface area (Å²) in [5, 5.41) is 11.2. The molecule has 1 fully saturated rings. The van der Waals surface area contributed by atoms with Crippen molar-refractivity contribution in [1.82, 2.24) is 9.62 Å². The number of hydrogen-bond donors (Lipinski definition) is 1. The van der Waals surface area contributed by atoms with Gasteiger partial charge in [-0.2, -0.15) is 0 Å². The molecule has 1 amide bonds. The Bertz CT molecular complexity index is 1050. The summed E-state index contributed by atoms with van der Waals surface area (Å²) in [5.41, 5.74) is 1.67. The van der Waals surface area contributed by atoms with Crippen LogP contribution in [0.5, 0.6) is 0 Å². The topological polar surface area (TPSA) is 110 Å². The first-order chi connectivity index (χ1) is 14.2. The molecule has 0 spiro atoms. The number of carbonyl (C=O) groups is 1. The van der Waals surface area contributed by atoms with Crippen LogP contribution in [0.3, 0.4) is 0 Å². The molecular weight excluding hydrogens is 406 g/mol. The predicted octanol–water partition coefficient (Wildman–Crippen LogP) is 3.04. The lowest BCUT2D eigenvalue weighted by atomic mass is 9.97. The molecule has 0 aliphatic carbocycles. The molecule has 8 nitrogen and oxygen atoms in total. The van der Waals surface area contributed by atoms with Crippen LogP contribution in [0.1, 0.15) is 34.3 Å². The number of amides is 1. The summed E-state index contributed by atoms with van der Waals surface area (Å²) in [7, 11) is -3.61. The van der Waals surface area contributed by atoms with E-state index >= 15 is 0 Å². The first-order valence-corrected chi connectivity index (χ1v) is 11.3. The van der Waals surface area contributed by atoms with Gasteiger partial charge in [0.25, 0.3) is 11.6 Å². The minimum atomic E-state index is -3.61. The molecule has 1 aliphatic heterocycles. The normalized spacial score (nSPS) is 17.0. The number of nitro benzene ring substituents is 1. The second-order valence-electron chi connectivity index (χ2n) is 7.68. The lowest BCUT2D eigenvalue weighted by Crippen LogP contribution is -2.43. The van der Waals surface area contributed by atoms with Crippen LogP contribution in [0.25, 0.3) is 0 Å². The van der Waals surface area contributed by atoms with Crippen LogP contribution in [-0.2, 0) is 10.0 Å². The first kappa shape index (κ1) is 21.9. The zero-order valence-corrected chi connectivity index (χ0v) is 17.8. The van der Waals surface area contributed by atoms with Crippen LogP contribution in [0.15, 0.2) is 47.4 Å². The van der Waals surface area contributed by atoms with Gasteiger partial charge in [-0.15, -0.1) is 0 Å². The lowest BCUT2D eigenvalue weighted by Gasteiger charge is -2.33. The molecule has 160 valence electrons. The van der Waals surface area contributed by atoms with Crippen molar-refractivity contribution in [2.45, 2.75) is 31.6 Å². The lowest BCUT2D eigenvalue weighted by molar-refractivity contribution is -0.385. The summed E-state index contributed by atoms with van der Waals surface area (Å²) in [6, 6.07) is 11.1. The van der Waals surface area contributed by atoms with Crippen LogP contribution in [-0.4, -0.2) is 43.8 Å². The molecule has 1 aliphatic rings. The number of nitro groups is 1. The van der Waals surface area contributed by atoms with Gasteiger partial charge in [0.1, 0.15) is 0 Å². The highest BCUT2D eigenvalue weighted by Gasteiger charge is 2.27. The monoisotopic (exact) mass is 431 g/mol. The first-order valence-electron chi connectivity index (χ1n) is 9.78. The van der Waals surface area contributed by atoms with Crippen LogP contribution < -0.4 is 4.72 Å². The third-order valence-corrected chi connectivity index (χ3v) is 6.79. The molecule has 1 atom stereocenters. The van der Waals surface area contributed by atoms with Gasteiger partial charge in [0, 0.05) is 36.8 Å². The Balaban J connectivity index is 1.65. The van der Waals surface area contributed by atoms with E-state index < -0.39 is 14.9 Å². The van der Waals surface area contributed by atoms with Gasteiger partial charge in [0.05, 0.1) is 9.82 Å². The molecule has 3 rings (SSSR count). The van der Waals surface area contributed by atoms with Gasteiger partial charge in [-0.05, 0) is 50.8 Å². The van der Waals surface area contributed by atoms with Gasteiger partial charge in [-0.1, -0.05) is 23.8 Å². The molecule has 1 unspecified atom stereocenters. The van der Waals surface area contributed by atoms with E-state index in [0.717, 1.165) is 18.4 Å². The Morgan fingerprint density at radius 1 is 1.20 bits per heavy atom. The van der Waals surface area contributed by atoms with Crippen molar-refractivity contribution < 1.29 is 18.1 Å². The fraction of sp³-hybridized carbons (Fsp3) is 0.381. The summed E-state index contributed by atoms with van der Waals surface area (Å²) in [6.45, 7) is 4.69. The molecule has 9 heteroatoms. The number of nitrogens with one attached hydrogen (secondary N) is 1. The van der Waals surface area contributed by atoms with E-state index in [1.807, 2.05) is 6.92 Å². The molecule has 1 saturated heterocycles. The molecule has 0 radical (unpaired) electrons. The Morgan fingerprint density at radius 3 is 2.57 bits per heavy atom. The number of hydrogen-bond acceptors (Lipinski definition) is 5. The number of piperidine rings is 1. The van der Waals surface area contributed by atoms with Gasteiger partial charge >= 0.3 is 0 Å². The van der Waals surface area contributed by atoms with Crippen LogP contribution in [0.4, 0.5) is 5.69 Å². The largest absolute Gasteiger partial charge is 0.338 e. The minimum Gasteiger partial charge on any atom is -0.338 e. The Kier molecular flexibility index (Phi) is 6.52. The average molecular weight is 432 g/mol. The van der Waals surface area contributed by atoms with Crippen molar-refractivity contribution in [3.8, 4) is 0 Å². The number of rotatable bonds is 6. The molecule has 1 heterocycles. The van der Waals surface area contributed by atoms with E-state index in [1.54, 1.807) is 48.2 Å². The summed E-state index contributed by atoms with van der Waals surface area (Å²) in [6.07, 6.45) is 1.55. The van der Waals surface area contributed by atoms with Crippen molar-refractivity contribution in [3.05, 3.63) is 69.3 Å². The van der Waals surface area contributed by atoms with E-state index in [-0.39, 0.29) is 34.5 Å². The fourth-order valence-corrected chi connectivity index (χ4v) is 4.68. The van der Waals surface area contributed by atoms with Gasteiger partial charge in [0.15, 0.2) is 0 Å². The number of likely N-dealkylation sites (tertiary alicyclic amines) is 1. The number of carbonyl (C=O) groups excluding carboxylic acids is 1. The summed E-state index contributed by atoms with van der Waals surface area (Å²) >= 11 is 0. The molecule has 30 heavy (non-hydrogen) atoms. The molecule has 1 N–H and O–H groups in total. The highest BCUT2D eigenvalue weighted by atomic mass is 32.2. The molecule has 0 bridgehead atoms. The van der Waals surface area contributed by atoms with E-state index in [0.29, 0.717) is 18.7 Å². The second kappa shape index (κ2) is 8.93. The Morgan fingerprint density at radius 2 is 1.90 bits per heavy atom. The maximum absolute atomic E-state index is 12.9. The summed E-state index contributed by atoms with van der Waals surface area (Å²) in [4.78, 5) is 25.4. The van der Waals surface area contributed by atoms with Gasteiger partial charge < -0.3 is 4.90 Å². The number of aryl methyl sites for hydroxylation is 2. The molecular formula is C21H25N3O5S. The van der Waals surface area contributed by atoms with Crippen LogP contribution >= 0.6 is 0 Å². The highest BCUT2D eigenvalue weighted by Crippen LogP contribution is 2.23. The van der Waals surface area contributed by atoms with Crippen molar-refractivity contribution in [1.29, 1.82) is 0 Å². The third kappa shape index (κ3) is 5.03. The smallest absolute Gasteiger partial charge is 0.273 e. The van der Waals surface area contributed by atoms with Crippen molar-refractivity contribution in [2.75, 3.05) is 19.6 Å². The standard InChI is InChI=1S/C21H25N3O5S/c1-15-5-9-19(10-6-15)30(28,29)22-13-17-4-3-11-23(14-17)21(25)18-8-7-16(2)20(12-18)24(26)27/h5-10,12,17,22H,3-4,11,13-14H2,1-2H3. The number of benzene rings is 2. The Hall–Kier alpha value is -2.78. The van der Waals surface area contributed by atoms with Gasteiger partial charge in [0.2, 0.25) is 10.0 Å². The number of sulfonamides is 1. The van der Waals surface area contributed by atoms with E-state index in [9.17, 15) is 23.3 Å². The van der Waals surface area contributed by atoms with E-state index in [1.165, 1.54) is 6.07 Å². The maximum Gasteiger partial charge on any atom is 0.273 e. The molecule has 0 saturated carbocycles. The zero-order chi connectivity index (χ0) is 21.9. The van der Waals surface area contributed by atoms with Crippen molar-refractivity contribution >= 4 is 21.6 Å². The fourth-order valence-electron chi connectivity index (χ4n) is 3.57. The summed E-state index contributed by atoms with van der Waals surface area (Å²) in [5.74, 6) is -0.299. The minimum absolute atomic E-state index is 0.0247. The molecule has 2 aromatic rings. The zero-order valence-electron chi connectivity index (χ0n) is 17.0. The van der Waals surface area contributed by atoms with E-state index in [2.05, 4.69) is 4.72 Å². The van der Waals surface area contributed by atoms with E-state index in [4.69, 9.17) is 0 Å². The highest BCUT2D eigenvalue weighted by molar-refractivity contribution is 7.89. The SMILES string of the molecule is Cc1ccc(S(=O)(=O)NCC2CCCN(C(=O)c3ccc(C)c([N+](=O)[O-])c3)C2)cc1. The average Bonchev–Trinajstić information content (AvgIpc) is 2.72. The Labute approximate surface area is 176 Å². The predicted molar refractivity (Wildman–Crippen MR) is 113 cm³/mol. The summed E-state index contributed by atoms with van der Waals surface area (Å²) < 4.78 is 27.6. The quantitative estimate of drug-likeness (QED) is 0.558. The van der Waals surface area contributed by atoms with Crippen LogP contribution in [0, 0.1) is 29.9 Å². The molecule has 2 aromatic carbocycles. The van der Waals surface area contributed by atoms with Crippen molar-refractivity contribution in [3.63, 3.8) is 0 Å². The number of nitrogens with zero attached hydrogens (tertiary/aromatic N) is 2.